The van der Waals surface area contributed by atoms with Gasteiger partial charge in [-0.25, -0.2) is 9.37 Å². The lowest BCUT2D eigenvalue weighted by Gasteiger charge is -2.11. The Morgan fingerprint density at radius 1 is 1.50 bits per heavy atom. The van der Waals surface area contributed by atoms with Crippen molar-refractivity contribution in [3.8, 4) is 0 Å². The smallest absolute Gasteiger partial charge is 0.188 e. The average molecular weight is 238 g/mol. The first-order chi connectivity index (χ1) is 7.68. The van der Waals surface area contributed by atoms with Gasteiger partial charge in [0.15, 0.2) is 5.16 Å². The maximum absolute atomic E-state index is 13.7. The second-order valence-electron chi connectivity index (χ2n) is 3.34. The van der Waals surface area contributed by atoms with Crippen molar-refractivity contribution in [3.63, 3.8) is 0 Å². The van der Waals surface area contributed by atoms with Gasteiger partial charge in [-0.1, -0.05) is 12.1 Å². The van der Waals surface area contributed by atoms with E-state index in [1.165, 1.54) is 24.2 Å². The van der Waals surface area contributed by atoms with Crippen LogP contribution in [0.1, 0.15) is 18.5 Å². The van der Waals surface area contributed by atoms with E-state index in [4.69, 9.17) is 5.73 Å². The highest BCUT2D eigenvalue weighted by atomic mass is 32.2. The highest BCUT2D eigenvalue weighted by Gasteiger charge is 2.13. The van der Waals surface area contributed by atoms with Gasteiger partial charge in [0.05, 0.1) is 4.90 Å². The Morgan fingerprint density at radius 3 is 2.94 bits per heavy atom. The summed E-state index contributed by atoms with van der Waals surface area (Å²) >= 11 is 1.19. The van der Waals surface area contributed by atoms with Crippen LogP contribution in [0.15, 0.2) is 34.6 Å². The number of nitrogens with one attached hydrogen (secondary N) is 1. The lowest BCUT2D eigenvalue weighted by atomic mass is 10.1. The maximum Gasteiger partial charge on any atom is 0.188 e. The van der Waals surface area contributed by atoms with E-state index >= 15 is 0 Å². The molecule has 1 atom stereocenters. The molecular weight excluding hydrogens is 227 g/mol. The molecule has 0 amide bonds. The number of halogens is 1. The van der Waals surface area contributed by atoms with Crippen molar-refractivity contribution >= 4 is 11.8 Å². The quantitative estimate of drug-likeness (QED) is 0.859. The van der Waals surface area contributed by atoms with Crippen LogP contribution in [0.3, 0.4) is 0 Å². The molecule has 0 saturated carbocycles. The Morgan fingerprint density at radius 2 is 2.31 bits per heavy atom. The first-order valence-corrected chi connectivity index (χ1v) is 5.57. The third kappa shape index (κ3) is 2.23. The Bertz CT molecular complexity index is 470. The number of nitrogens with two attached hydrogens (primary N) is 1. The molecule has 6 heteroatoms. The van der Waals surface area contributed by atoms with E-state index in [0.29, 0.717) is 10.1 Å². The van der Waals surface area contributed by atoms with Gasteiger partial charge in [-0.15, -0.1) is 0 Å². The van der Waals surface area contributed by atoms with Crippen LogP contribution < -0.4 is 5.73 Å². The minimum absolute atomic E-state index is 0.221. The number of aromatic amines is 1. The summed E-state index contributed by atoms with van der Waals surface area (Å²) in [6, 6.07) is 4.65. The average Bonchev–Trinajstić information content (AvgIpc) is 2.73. The summed E-state index contributed by atoms with van der Waals surface area (Å²) in [5.74, 6) is -0.295. The van der Waals surface area contributed by atoms with Crippen molar-refractivity contribution < 1.29 is 4.39 Å². The molecule has 0 unspecified atom stereocenters. The molecular formula is C10H11FN4S. The van der Waals surface area contributed by atoms with Crippen LogP contribution in [0.5, 0.6) is 0 Å². The predicted octanol–water partition coefficient (Wildman–Crippen LogP) is 2.11. The number of benzene rings is 1. The highest BCUT2D eigenvalue weighted by molar-refractivity contribution is 7.99. The van der Waals surface area contributed by atoms with Gasteiger partial charge in [-0.05, 0) is 30.3 Å². The highest BCUT2D eigenvalue weighted by Crippen LogP contribution is 2.32. The molecule has 3 N–H and O–H groups in total. The number of aromatic nitrogens is 3. The molecule has 1 aromatic carbocycles. The van der Waals surface area contributed by atoms with Crippen LogP contribution >= 0.6 is 11.8 Å². The zero-order valence-corrected chi connectivity index (χ0v) is 9.46. The first-order valence-electron chi connectivity index (χ1n) is 4.75. The number of nitrogens with zero attached hydrogens (tertiary/aromatic N) is 2. The monoisotopic (exact) mass is 238 g/mol. The van der Waals surface area contributed by atoms with E-state index in [9.17, 15) is 4.39 Å². The van der Waals surface area contributed by atoms with Crippen LogP contribution in [0.4, 0.5) is 4.39 Å². The van der Waals surface area contributed by atoms with Crippen molar-refractivity contribution in [3.05, 3.63) is 35.9 Å². The number of hydrogen-bond donors (Lipinski definition) is 2. The van der Waals surface area contributed by atoms with Gasteiger partial charge < -0.3 is 5.73 Å². The summed E-state index contributed by atoms with van der Waals surface area (Å²) in [5.41, 5.74) is 6.55. The van der Waals surface area contributed by atoms with Crippen molar-refractivity contribution in [2.45, 2.75) is 23.0 Å². The molecule has 0 saturated heterocycles. The molecule has 0 fully saturated rings. The van der Waals surface area contributed by atoms with Crippen molar-refractivity contribution in [1.29, 1.82) is 0 Å². The Balaban J connectivity index is 2.38. The number of H-pyrrole nitrogens is 1. The lowest BCUT2D eigenvalue weighted by molar-refractivity contribution is 0.591. The maximum atomic E-state index is 13.7. The van der Waals surface area contributed by atoms with Gasteiger partial charge in [0.1, 0.15) is 12.1 Å². The summed E-state index contributed by atoms with van der Waals surface area (Å²) in [6.45, 7) is 1.82. The van der Waals surface area contributed by atoms with Crippen LogP contribution in [-0.2, 0) is 0 Å². The standard InChI is InChI=1S/C10H11FN4S/c1-6(12)7-3-2-4-8(11)9(7)16-10-13-5-14-15-10/h2-6H,12H2,1H3,(H,13,14,15)/t6-/m0/s1. The molecule has 0 spiro atoms. The molecule has 16 heavy (non-hydrogen) atoms. The van der Waals surface area contributed by atoms with Crippen molar-refractivity contribution in [1.82, 2.24) is 15.2 Å². The molecule has 2 aromatic rings. The third-order valence-electron chi connectivity index (χ3n) is 2.08. The normalized spacial score (nSPS) is 12.7. The summed E-state index contributed by atoms with van der Waals surface area (Å²) in [4.78, 5) is 4.44. The van der Waals surface area contributed by atoms with Gasteiger partial charge in [0, 0.05) is 6.04 Å². The zero-order valence-electron chi connectivity index (χ0n) is 8.64. The topological polar surface area (TPSA) is 67.6 Å². The number of hydrogen-bond acceptors (Lipinski definition) is 4. The lowest BCUT2D eigenvalue weighted by Crippen LogP contribution is -2.07. The Kier molecular flexibility index (Phi) is 3.21. The summed E-state index contributed by atoms with van der Waals surface area (Å²) in [5, 5.41) is 6.93. The van der Waals surface area contributed by atoms with Gasteiger partial charge in [0.25, 0.3) is 0 Å². The fourth-order valence-electron chi connectivity index (χ4n) is 1.33. The molecule has 0 aliphatic rings. The Hall–Kier alpha value is -1.40. The van der Waals surface area contributed by atoms with E-state index in [1.54, 1.807) is 6.07 Å². The van der Waals surface area contributed by atoms with Gasteiger partial charge in [-0.3, -0.25) is 5.10 Å². The fourth-order valence-corrected chi connectivity index (χ4v) is 2.26. The van der Waals surface area contributed by atoms with Crippen LogP contribution in [-0.4, -0.2) is 15.2 Å². The second-order valence-corrected chi connectivity index (χ2v) is 4.34. The Labute approximate surface area is 96.5 Å². The molecule has 1 heterocycles. The minimum Gasteiger partial charge on any atom is -0.324 e. The van der Waals surface area contributed by atoms with Gasteiger partial charge >= 0.3 is 0 Å². The second kappa shape index (κ2) is 4.63. The van der Waals surface area contributed by atoms with Gasteiger partial charge in [0.2, 0.25) is 0 Å². The zero-order chi connectivity index (χ0) is 11.5. The molecule has 0 radical (unpaired) electrons. The van der Waals surface area contributed by atoms with Crippen molar-refractivity contribution in [2.75, 3.05) is 0 Å². The van der Waals surface area contributed by atoms with E-state index in [-0.39, 0.29) is 11.9 Å². The van der Waals surface area contributed by atoms with E-state index in [2.05, 4.69) is 15.2 Å². The van der Waals surface area contributed by atoms with Crippen molar-refractivity contribution in [2.24, 2.45) is 5.73 Å². The summed E-state index contributed by atoms with van der Waals surface area (Å²) in [6.07, 6.45) is 1.38. The molecule has 0 bridgehead atoms. The largest absolute Gasteiger partial charge is 0.324 e. The van der Waals surface area contributed by atoms with Crippen LogP contribution in [0.2, 0.25) is 0 Å². The first kappa shape index (κ1) is 11.1. The third-order valence-corrected chi connectivity index (χ3v) is 3.10. The number of rotatable bonds is 3. The molecule has 4 nitrogen and oxygen atoms in total. The SMILES string of the molecule is C[C@H](N)c1cccc(F)c1Sc1ncn[nH]1. The minimum atomic E-state index is -0.295. The van der Waals surface area contributed by atoms with E-state index in [1.807, 2.05) is 13.0 Å². The molecule has 0 aliphatic heterocycles. The molecule has 2 rings (SSSR count). The van der Waals surface area contributed by atoms with E-state index in [0.717, 1.165) is 5.56 Å². The molecule has 1 aromatic heterocycles. The predicted molar refractivity (Wildman–Crippen MR) is 59.5 cm³/mol. The summed E-state index contributed by atoms with van der Waals surface area (Å²) < 4.78 is 13.7. The summed E-state index contributed by atoms with van der Waals surface area (Å²) in [7, 11) is 0. The molecule has 0 aliphatic carbocycles. The van der Waals surface area contributed by atoms with Gasteiger partial charge in [-0.2, -0.15) is 5.10 Å². The van der Waals surface area contributed by atoms with Crippen LogP contribution in [0.25, 0.3) is 0 Å². The van der Waals surface area contributed by atoms with E-state index < -0.39 is 0 Å². The molecule has 84 valence electrons. The fraction of sp³-hybridized carbons (Fsp3) is 0.200. The van der Waals surface area contributed by atoms with Crippen LogP contribution in [0, 0.1) is 5.82 Å².